The summed E-state index contributed by atoms with van der Waals surface area (Å²) < 4.78 is 40.7. The number of alkyl halides is 3. The standard InChI is InChI=1S/C24H25BrF3N5O/c1-15-10-17(23(34)29-20-9-8-18(12-19(20)25)24(26,27)28)11-22(21-14-32(2)31-30-21)33(15)13-16-6-4-3-5-7-16/h3-9,12,14-15,17,22H,10-11,13H2,1-2H3,(H,29,34)/t15-,17?,22-/m0/s1. The van der Waals surface area contributed by atoms with E-state index in [0.29, 0.717) is 25.1 Å². The van der Waals surface area contributed by atoms with Gasteiger partial charge in [-0.05, 0) is 59.5 Å². The quantitative estimate of drug-likeness (QED) is 0.463. The molecular formula is C24H25BrF3N5O. The molecule has 1 aliphatic rings. The number of carbonyl (C=O) groups is 1. The van der Waals surface area contributed by atoms with E-state index in [4.69, 9.17) is 0 Å². The number of carbonyl (C=O) groups excluding carboxylic acids is 1. The van der Waals surface area contributed by atoms with Crippen LogP contribution in [0.1, 0.15) is 42.6 Å². The molecule has 34 heavy (non-hydrogen) atoms. The summed E-state index contributed by atoms with van der Waals surface area (Å²) in [7, 11) is 1.80. The molecule has 1 saturated heterocycles. The van der Waals surface area contributed by atoms with E-state index in [0.717, 1.165) is 17.8 Å². The van der Waals surface area contributed by atoms with Crippen molar-refractivity contribution < 1.29 is 18.0 Å². The molecule has 1 amide bonds. The Morgan fingerprint density at radius 2 is 1.91 bits per heavy atom. The molecule has 2 heterocycles. The zero-order chi connectivity index (χ0) is 24.5. The number of aromatic nitrogens is 3. The van der Waals surface area contributed by atoms with E-state index in [-0.39, 0.29) is 28.4 Å². The summed E-state index contributed by atoms with van der Waals surface area (Å²) in [5.41, 5.74) is 1.50. The fraction of sp³-hybridized carbons (Fsp3) is 0.375. The van der Waals surface area contributed by atoms with Gasteiger partial charge >= 0.3 is 6.18 Å². The lowest BCUT2D eigenvalue weighted by molar-refractivity contribution is -0.137. The Balaban J connectivity index is 1.54. The predicted molar refractivity (Wildman–Crippen MR) is 126 cm³/mol. The van der Waals surface area contributed by atoms with Crippen LogP contribution in [-0.2, 0) is 24.6 Å². The van der Waals surface area contributed by atoms with Gasteiger partial charge in [-0.3, -0.25) is 14.4 Å². The third-order valence-corrected chi connectivity index (χ3v) is 6.85. The molecule has 1 aliphatic heterocycles. The number of likely N-dealkylation sites (tertiary alicyclic amines) is 1. The molecule has 180 valence electrons. The molecule has 3 atom stereocenters. The minimum atomic E-state index is -4.45. The molecule has 0 spiro atoms. The third kappa shape index (κ3) is 5.50. The van der Waals surface area contributed by atoms with Crippen LogP contribution in [0.15, 0.2) is 59.2 Å². The molecule has 1 unspecified atom stereocenters. The SMILES string of the molecule is C[C@H]1CC(C(=O)Nc2ccc(C(F)(F)F)cc2Br)C[C@@H](c2cn(C)nn2)N1Cc1ccccc1. The Morgan fingerprint density at radius 1 is 1.18 bits per heavy atom. The molecule has 1 N–H and O–H groups in total. The minimum Gasteiger partial charge on any atom is -0.325 e. The monoisotopic (exact) mass is 535 g/mol. The second kappa shape index (κ2) is 9.87. The molecule has 3 aromatic rings. The van der Waals surface area contributed by atoms with E-state index in [1.165, 1.54) is 11.6 Å². The smallest absolute Gasteiger partial charge is 0.325 e. The van der Waals surface area contributed by atoms with Crippen molar-refractivity contribution in [3.05, 3.63) is 76.0 Å². The van der Waals surface area contributed by atoms with Gasteiger partial charge in [0.1, 0.15) is 0 Å². The second-order valence-corrected chi connectivity index (χ2v) is 9.54. The van der Waals surface area contributed by atoms with Gasteiger partial charge in [-0.25, -0.2) is 0 Å². The fourth-order valence-corrected chi connectivity index (χ4v) is 4.94. The van der Waals surface area contributed by atoms with Crippen LogP contribution in [-0.4, -0.2) is 31.8 Å². The Bertz CT molecular complexity index is 1150. The lowest BCUT2D eigenvalue weighted by atomic mass is 9.84. The van der Waals surface area contributed by atoms with Crippen molar-refractivity contribution in [2.24, 2.45) is 13.0 Å². The number of anilines is 1. The molecule has 0 bridgehead atoms. The number of rotatable bonds is 5. The van der Waals surface area contributed by atoms with Crippen LogP contribution in [0.25, 0.3) is 0 Å². The van der Waals surface area contributed by atoms with Gasteiger partial charge in [0.15, 0.2) is 0 Å². The second-order valence-electron chi connectivity index (χ2n) is 8.69. The van der Waals surface area contributed by atoms with Gasteiger partial charge in [-0.2, -0.15) is 13.2 Å². The number of hydrogen-bond donors (Lipinski definition) is 1. The zero-order valence-corrected chi connectivity index (χ0v) is 20.3. The van der Waals surface area contributed by atoms with E-state index in [1.54, 1.807) is 11.7 Å². The lowest BCUT2D eigenvalue weighted by Crippen LogP contribution is -2.45. The number of amides is 1. The van der Waals surface area contributed by atoms with Crippen molar-refractivity contribution in [1.29, 1.82) is 0 Å². The summed E-state index contributed by atoms with van der Waals surface area (Å²) in [5, 5.41) is 11.2. The van der Waals surface area contributed by atoms with Crippen molar-refractivity contribution >= 4 is 27.5 Å². The van der Waals surface area contributed by atoms with Gasteiger partial charge in [-0.15, -0.1) is 5.10 Å². The van der Waals surface area contributed by atoms with E-state index in [2.05, 4.69) is 55.5 Å². The van der Waals surface area contributed by atoms with Crippen LogP contribution in [0.3, 0.4) is 0 Å². The van der Waals surface area contributed by atoms with Gasteiger partial charge in [-0.1, -0.05) is 35.5 Å². The summed E-state index contributed by atoms with van der Waals surface area (Å²) in [5.74, 6) is -0.552. The molecule has 4 rings (SSSR count). The number of piperidine rings is 1. The maximum atomic E-state index is 13.2. The van der Waals surface area contributed by atoms with Gasteiger partial charge < -0.3 is 5.32 Å². The Hall–Kier alpha value is -2.72. The molecule has 2 aromatic carbocycles. The van der Waals surface area contributed by atoms with E-state index in [1.807, 2.05) is 24.4 Å². The molecular weight excluding hydrogens is 511 g/mol. The lowest BCUT2D eigenvalue weighted by Gasteiger charge is -2.43. The fourth-order valence-electron chi connectivity index (χ4n) is 4.47. The summed E-state index contributed by atoms with van der Waals surface area (Å²) in [6.45, 7) is 2.79. The number of halogens is 4. The number of nitrogens with one attached hydrogen (secondary N) is 1. The van der Waals surface area contributed by atoms with E-state index in [9.17, 15) is 18.0 Å². The summed E-state index contributed by atoms with van der Waals surface area (Å²) >= 11 is 3.16. The molecule has 0 aliphatic carbocycles. The summed E-state index contributed by atoms with van der Waals surface area (Å²) in [4.78, 5) is 15.5. The highest BCUT2D eigenvalue weighted by Crippen LogP contribution is 2.39. The predicted octanol–water partition coefficient (Wildman–Crippen LogP) is 5.58. The third-order valence-electron chi connectivity index (χ3n) is 6.19. The van der Waals surface area contributed by atoms with Crippen LogP contribution in [0.5, 0.6) is 0 Å². The zero-order valence-electron chi connectivity index (χ0n) is 18.8. The highest BCUT2D eigenvalue weighted by molar-refractivity contribution is 9.10. The van der Waals surface area contributed by atoms with Crippen LogP contribution >= 0.6 is 15.9 Å². The first-order chi connectivity index (χ1) is 16.1. The highest BCUT2D eigenvalue weighted by Gasteiger charge is 2.39. The van der Waals surface area contributed by atoms with Crippen molar-refractivity contribution in [2.75, 3.05) is 5.32 Å². The summed E-state index contributed by atoms with van der Waals surface area (Å²) in [6.07, 6.45) is -1.44. The number of aryl methyl sites for hydroxylation is 1. The molecule has 1 aromatic heterocycles. The van der Waals surface area contributed by atoms with Crippen LogP contribution in [0.2, 0.25) is 0 Å². The number of nitrogens with zero attached hydrogens (tertiary/aromatic N) is 4. The number of benzene rings is 2. The minimum absolute atomic E-state index is 0.0766. The first-order valence-electron chi connectivity index (χ1n) is 11.0. The highest BCUT2D eigenvalue weighted by atomic mass is 79.9. The first kappa shape index (κ1) is 24.4. The maximum absolute atomic E-state index is 13.2. The van der Waals surface area contributed by atoms with Crippen molar-refractivity contribution in [2.45, 2.75) is 44.6 Å². The molecule has 0 saturated carbocycles. The van der Waals surface area contributed by atoms with Crippen molar-refractivity contribution in [1.82, 2.24) is 19.9 Å². The van der Waals surface area contributed by atoms with Gasteiger partial charge in [0.25, 0.3) is 0 Å². The first-order valence-corrected chi connectivity index (χ1v) is 11.7. The Kier molecular flexibility index (Phi) is 7.09. The van der Waals surface area contributed by atoms with Gasteiger partial charge in [0.2, 0.25) is 5.91 Å². The summed E-state index contributed by atoms with van der Waals surface area (Å²) in [6, 6.07) is 13.3. The van der Waals surface area contributed by atoms with Gasteiger partial charge in [0, 0.05) is 36.2 Å². The molecule has 10 heteroatoms. The average molecular weight is 536 g/mol. The Labute approximate surface area is 204 Å². The average Bonchev–Trinajstić information content (AvgIpc) is 3.22. The molecule has 0 radical (unpaired) electrons. The maximum Gasteiger partial charge on any atom is 0.416 e. The van der Waals surface area contributed by atoms with Crippen LogP contribution in [0.4, 0.5) is 18.9 Å². The van der Waals surface area contributed by atoms with Crippen LogP contribution < -0.4 is 5.32 Å². The number of hydrogen-bond acceptors (Lipinski definition) is 4. The van der Waals surface area contributed by atoms with Crippen molar-refractivity contribution in [3.8, 4) is 0 Å². The largest absolute Gasteiger partial charge is 0.416 e. The van der Waals surface area contributed by atoms with Gasteiger partial charge in [0.05, 0.1) is 23.0 Å². The normalized spacial score (nSPS) is 21.4. The Morgan fingerprint density at radius 3 is 2.53 bits per heavy atom. The molecule has 6 nitrogen and oxygen atoms in total. The molecule has 1 fully saturated rings. The van der Waals surface area contributed by atoms with Crippen molar-refractivity contribution in [3.63, 3.8) is 0 Å². The van der Waals surface area contributed by atoms with E-state index < -0.39 is 11.7 Å². The van der Waals surface area contributed by atoms with E-state index >= 15 is 0 Å². The van der Waals surface area contributed by atoms with Crippen LogP contribution in [0, 0.1) is 5.92 Å². The topological polar surface area (TPSA) is 63.1 Å².